The second kappa shape index (κ2) is 7.47. The van der Waals surface area contributed by atoms with Crippen molar-refractivity contribution in [1.29, 1.82) is 0 Å². The van der Waals surface area contributed by atoms with Gasteiger partial charge >= 0.3 is 0 Å². The van der Waals surface area contributed by atoms with Crippen molar-refractivity contribution in [2.75, 3.05) is 5.32 Å². The Bertz CT molecular complexity index is 1070. The van der Waals surface area contributed by atoms with E-state index < -0.39 is 0 Å². The zero-order valence-electron chi connectivity index (χ0n) is 14.9. The normalized spacial score (nSPS) is 10.8. The molecule has 0 aliphatic rings. The molecule has 4 rings (SSSR count). The molecular weight excluding hydrogens is 376 g/mol. The standard InChI is InChI=1S/C21H17ClN4S/c1-13-5-3-4-6-17(13)21-26-18(12-27-21)15-7-9-16(10-8-15)25-20-11-19(22)23-14(2)24-20/h3-12H,1-2H3,(H,23,24,25). The van der Waals surface area contributed by atoms with Gasteiger partial charge in [0.15, 0.2) is 0 Å². The lowest BCUT2D eigenvalue weighted by Gasteiger charge is -2.07. The number of nitrogens with zero attached hydrogens (tertiary/aromatic N) is 3. The molecule has 134 valence electrons. The molecule has 0 atom stereocenters. The van der Waals surface area contributed by atoms with Crippen molar-refractivity contribution in [3.05, 3.63) is 76.5 Å². The first-order chi connectivity index (χ1) is 13.1. The fourth-order valence-corrected chi connectivity index (χ4v) is 3.96. The Labute approximate surface area is 166 Å². The molecule has 0 aliphatic heterocycles. The van der Waals surface area contributed by atoms with Gasteiger partial charge in [-0.1, -0.05) is 48.0 Å². The van der Waals surface area contributed by atoms with E-state index in [1.807, 2.05) is 31.2 Å². The van der Waals surface area contributed by atoms with Gasteiger partial charge in [-0.05, 0) is 31.5 Å². The third kappa shape index (κ3) is 3.99. The molecule has 2 aromatic heterocycles. The molecule has 4 nitrogen and oxygen atoms in total. The SMILES string of the molecule is Cc1nc(Cl)cc(Nc2ccc(-c3csc(-c4ccccc4C)n3)cc2)n1. The lowest BCUT2D eigenvalue weighted by atomic mass is 10.1. The van der Waals surface area contributed by atoms with Crippen LogP contribution in [0.15, 0.2) is 60.0 Å². The number of anilines is 2. The predicted octanol–water partition coefficient (Wildman–Crippen LogP) is 6.28. The van der Waals surface area contributed by atoms with E-state index in [1.165, 1.54) is 11.1 Å². The van der Waals surface area contributed by atoms with E-state index in [0.29, 0.717) is 16.8 Å². The van der Waals surface area contributed by atoms with Crippen LogP contribution in [-0.2, 0) is 0 Å². The Morgan fingerprint density at radius 1 is 0.926 bits per heavy atom. The molecule has 0 fully saturated rings. The zero-order valence-corrected chi connectivity index (χ0v) is 16.5. The number of nitrogens with one attached hydrogen (secondary N) is 1. The molecule has 2 heterocycles. The van der Waals surface area contributed by atoms with Crippen LogP contribution < -0.4 is 5.32 Å². The largest absolute Gasteiger partial charge is 0.340 e. The second-order valence-corrected chi connectivity index (χ2v) is 7.42. The highest BCUT2D eigenvalue weighted by molar-refractivity contribution is 7.13. The van der Waals surface area contributed by atoms with Crippen LogP contribution in [0.2, 0.25) is 5.15 Å². The summed E-state index contributed by atoms with van der Waals surface area (Å²) in [5.41, 5.74) is 5.40. The first kappa shape index (κ1) is 17.6. The summed E-state index contributed by atoms with van der Waals surface area (Å²) in [5.74, 6) is 1.31. The summed E-state index contributed by atoms with van der Waals surface area (Å²) in [6.45, 7) is 3.92. The third-order valence-electron chi connectivity index (χ3n) is 4.14. The summed E-state index contributed by atoms with van der Waals surface area (Å²) in [6.07, 6.45) is 0. The average molecular weight is 393 g/mol. The van der Waals surface area contributed by atoms with Crippen LogP contribution >= 0.6 is 22.9 Å². The van der Waals surface area contributed by atoms with Crippen molar-refractivity contribution in [3.63, 3.8) is 0 Å². The summed E-state index contributed by atoms with van der Waals surface area (Å²) >= 11 is 7.65. The van der Waals surface area contributed by atoms with Crippen molar-refractivity contribution in [1.82, 2.24) is 15.0 Å². The maximum Gasteiger partial charge on any atom is 0.135 e. The molecular formula is C21H17ClN4S. The smallest absolute Gasteiger partial charge is 0.135 e. The van der Waals surface area contributed by atoms with E-state index >= 15 is 0 Å². The molecule has 4 aromatic rings. The number of hydrogen-bond acceptors (Lipinski definition) is 5. The molecule has 0 unspecified atom stereocenters. The Kier molecular flexibility index (Phi) is 4.88. The number of rotatable bonds is 4. The Morgan fingerprint density at radius 2 is 1.70 bits per heavy atom. The minimum absolute atomic E-state index is 0.424. The predicted molar refractivity (Wildman–Crippen MR) is 113 cm³/mol. The topological polar surface area (TPSA) is 50.7 Å². The first-order valence-corrected chi connectivity index (χ1v) is 9.74. The average Bonchev–Trinajstić information content (AvgIpc) is 3.12. The highest BCUT2D eigenvalue weighted by Gasteiger charge is 2.09. The Morgan fingerprint density at radius 3 is 2.44 bits per heavy atom. The number of halogens is 1. The van der Waals surface area contributed by atoms with Crippen molar-refractivity contribution < 1.29 is 0 Å². The number of benzene rings is 2. The van der Waals surface area contributed by atoms with E-state index in [1.54, 1.807) is 17.4 Å². The molecule has 0 aliphatic carbocycles. The van der Waals surface area contributed by atoms with Crippen LogP contribution in [-0.4, -0.2) is 15.0 Å². The summed E-state index contributed by atoms with van der Waals surface area (Å²) in [6, 6.07) is 18.1. The van der Waals surface area contributed by atoms with Gasteiger partial charge in [0.2, 0.25) is 0 Å². The van der Waals surface area contributed by atoms with Crippen LogP contribution in [0, 0.1) is 13.8 Å². The minimum atomic E-state index is 0.424. The lowest BCUT2D eigenvalue weighted by Crippen LogP contribution is -1.97. The van der Waals surface area contributed by atoms with Gasteiger partial charge in [-0.25, -0.2) is 15.0 Å². The van der Waals surface area contributed by atoms with Crippen molar-refractivity contribution in [2.24, 2.45) is 0 Å². The van der Waals surface area contributed by atoms with Gasteiger partial charge in [0.1, 0.15) is 21.8 Å². The summed E-state index contributed by atoms with van der Waals surface area (Å²) in [7, 11) is 0. The number of aryl methyl sites for hydroxylation is 2. The van der Waals surface area contributed by atoms with E-state index in [0.717, 1.165) is 22.0 Å². The summed E-state index contributed by atoms with van der Waals surface area (Å²) in [4.78, 5) is 13.2. The van der Waals surface area contributed by atoms with Crippen molar-refractivity contribution >= 4 is 34.4 Å². The number of hydrogen-bond donors (Lipinski definition) is 1. The van der Waals surface area contributed by atoms with Gasteiger partial charge in [0.25, 0.3) is 0 Å². The van der Waals surface area contributed by atoms with Crippen LogP contribution in [0.25, 0.3) is 21.8 Å². The Hall–Kier alpha value is -2.76. The molecule has 27 heavy (non-hydrogen) atoms. The van der Waals surface area contributed by atoms with E-state index in [2.05, 4.69) is 51.9 Å². The van der Waals surface area contributed by atoms with E-state index in [4.69, 9.17) is 16.6 Å². The number of aromatic nitrogens is 3. The highest BCUT2D eigenvalue weighted by Crippen LogP contribution is 2.31. The van der Waals surface area contributed by atoms with E-state index in [9.17, 15) is 0 Å². The fraction of sp³-hybridized carbons (Fsp3) is 0.0952. The third-order valence-corrected chi connectivity index (χ3v) is 5.21. The maximum atomic E-state index is 5.99. The Balaban J connectivity index is 1.55. The van der Waals surface area contributed by atoms with Gasteiger partial charge in [0.05, 0.1) is 5.69 Å². The quantitative estimate of drug-likeness (QED) is 0.415. The van der Waals surface area contributed by atoms with Gasteiger partial charge in [0, 0.05) is 28.3 Å². The number of thiazole rings is 1. The van der Waals surface area contributed by atoms with Gasteiger partial charge < -0.3 is 5.32 Å². The molecule has 2 aromatic carbocycles. The summed E-state index contributed by atoms with van der Waals surface area (Å²) in [5, 5.41) is 6.81. The van der Waals surface area contributed by atoms with Crippen molar-refractivity contribution in [3.8, 4) is 21.8 Å². The van der Waals surface area contributed by atoms with Gasteiger partial charge in [-0.3, -0.25) is 0 Å². The first-order valence-electron chi connectivity index (χ1n) is 8.49. The van der Waals surface area contributed by atoms with Crippen LogP contribution in [0.5, 0.6) is 0 Å². The maximum absolute atomic E-state index is 5.99. The van der Waals surface area contributed by atoms with Gasteiger partial charge in [-0.15, -0.1) is 11.3 Å². The zero-order chi connectivity index (χ0) is 18.8. The fourth-order valence-electron chi connectivity index (χ4n) is 2.81. The molecule has 0 bridgehead atoms. The monoisotopic (exact) mass is 392 g/mol. The van der Waals surface area contributed by atoms with Crippen LogP contribution in [0.3, 0.4) is 0 Å². The minimum Gasteiger partial charge on any atom is -0.340 e. The molecule has 0 saturated heterocycles. The van der Waals surface area contributed by atoms with Crippen LogP contribution in [0.4, 0.5) is 11.5 Å². The lowest BCUT2D eigenvalue weighted by molar-refractivity contribution is 1.06. The van der Waals surface area contributed by atoms with Crippen LogP contribution in [0.1, 0.15) is 11.4 Å². The molecule has 1 N–H and O–H groups in total. The second-order valence-electron chi connectivity index (χ2n) is 6.18. The molecule has 0 spiro atoms. The highest BCUT2D eigenvalue weighted by atomic mass is 35.5. The molecule has 0 saturated carbocycles. The van der Waals surface area contributed by atoms with Gasteiger partial charge in [-0.2, -0.15) is 0 Å². The molecule has 0 radical (unpaired) electrons. The van der Waals surface area contributed by atoms with Crippen molar-refractivity contribution in [2.45, 2.75) is 13.8 Å². The molecule has 0 amide bonds. The van der Waals surface area contributed by atoms with E-state index in [-0.39, 0.29) is 0 Å². The summed E-state index contributed by atoms with van der Waals surface area (Å²) < 4.78 is 0. The molecule has 6 heteroatoms.